The molecule has 0 saturated carbocycles. The van der Waals surface area contributed by atoms with Gasteiger partial charge in [-0.25, -0.2) is 0 Å². The van der Waals surface area contributed by atoms with Gasteiger partial charge in [-0.05, 0) is 46.2 Å². The van der Waals surface area contributed by atoms with Crippen LogP contribution in [-0.2, 0) is 0 Å². The number of benzene rings is 2. The summed E-state index contributed by atoms with van der Waals surface area (Å²) in [5.41, 5.74) is 3.13. The molecule has 0 unspecified atom stereocenters. The Labute approximate surface area is 134 Å². The molecule has 1 heterocycles. The average Bonchev–Trinajstić information content (AvgIpc) is 3.09. The molecule has 0 saturated heterocycles. The Bertz CT molecular complexity index is 794. The van der Waals surface area contributed by atoms with Crippen LogP contribution in [0.4, 0.5) is 5.69 Å². The molecule has 116 valence electrons. The molecule has 3 rings (SSSR count). The molecular formula is C17H17N5O. The van der Waals surface area contributed by atoms with Crippen LogP contribution in [0, 0.1) is 0 Å². The minimum absolute atomic E-state index is 0.201. The van der Waals surface area contributed by atoms with Crippen molar-refractivity contribution in [2.24, 2.45) is 0 Å². The summed E-state index contributed by atoms with van der Waals surface area (Å²) in [6, 6.07) is 15.1. The van der Waals surface area contributed by atoms with E-state index in [1.54, 1.807) is 12.1 Å². The standard InChI is InChI=1S/C17H17N5O/c1-12(2)13-7-9-14(10-8-13)19-17(23)15-5-3-4-6-16(15)22-11-18-20-21-22/h3-12H,1-2H3,(H,19,23). The van der Waals surface area contributed by atoms with Gasteiger partial charge in [0.2, 0.25) is 0 Å². The number of para-hydroxylation sites is 1. The van der Waals surface area contributed by atoms with Crippen LogP contribution in [0.25, 0.3) is 5.69 Å². The highest BCUT2D eigenvalue weighted by Gasteiger charge is 2.13. The van der Waals surface area contributed by atoms with E-state index in [4.69, 9.17) is 0 Å². The molecule has 23 heavy (non-hydrogen) atoms. The Kier molecular flexibility index (Phi) is 4.14. The molecule has 0 radical (unpaired) electrons. The quantitative estimate of drug-likeness (QED) is 0.804. The van der Waals surface area contributed by atoms with Crippen LogP contribution < -0.4 is 5.32 Å². The molecule has 1 aromatic heterocycles. The van der Waals surface area contributed by atoms with Gasteiger partial charge in [0, 0.05) is 5.69 Å². The zero-order chi connectivity index (χ0) is 16.2. The molecule has 6 nitrogen and oxygen atoms in total. The molecule has 0 atom stereocenters. The fraction of sp³-hybridized carbons (Fsp3) is 0.176. The van der Waals surface area contributed by atoms with E-state index >= 15 is 0 Å². The van der Waals surface area contributed by atoms with Crippen LogP contribution in [-0.4, -0.2) is 26.1 Å². The van der Waals surface area contributed by atoms with E-state index in [1.807, 2.05) is 36.4 Å². The van der Waals surface area contributed by atoms with E-state index in [-0.39, 0.29) is 5.91 Å². The van der Waals surface area contributed by atoms with Crippen LogP contribution in [0.3, 0.4) is 0 Å². The molecule has 0 aliphatic carbocycles. The Balaban J connectivity index is 1.84. The maximum Gasteiger partial charge on any atom is 0.257 e. The second-order valence-electron chi connectivity index (χ2n) is 5.50. The molecule has 0 fully saturated rings. The molecule has 2 aromatic carbocycles. The monoisotopic (exact) mass is 307 g/mol. The van der Waals surface area contributed by atoms with Gasteiger partial charge in [0.15, 0.2) is 0 Å². The van der Waals surface area contributed by atoms with Crippen molar-refractivity contribution in [3.8, 4) is 5.69 Å². The van der Waals surface area contributed by atoms with Gasteiger partial charge in [-0.2, -0.15) is 4.68 Å². The SMILES string of the molecule is CC(C)c1ccc(NC(=O)c2ccccc2-n2cnnn2)cc1. The predicted octanol–water partition coefficient (Wildman–Crippen LogP) is 3.04. The van der Waals surface area contributed by atoms with Crippen LogP contribution in [0.1, 0.15) is 35.7 Å². The van der Waals surface area contributed by atoms with E-state index in [9.17, 15) is 4.79 Å². The first-order valence-corrected chi connectivity index (χ1v) is 7.39. The maximum atomic E-state index is 12.6. The molecule has 1 amide bonds. The first kappa shape index (κ1) is 14.9. The first-order chi connectivity index (χ1) is 11.1. The van der Waals surface area contributed by atoms with Crippen molar-refractivity contribution in [1.82, 2.24) is 20.2 Å². The number of carbonyl (C=O) groups excluding carboxylic acids is 1. The number of aromatic nitrogens is 4. The molecule has 6 heteroatoms. The van der Waals surface area contributed by atoms with Crippen molar-refractivity contribution >= 4 is 11.6 Å². The van der Waals surface area contributed by atoms with Crippen molar-refractivity contribution in [2.45, 2.75) is 19.8 Å². The fourth-order valence-electron chi connectivity index (χ4n) is 2.29. The molecule has 1 N–H and O–H groups in total. The van der Waals surface area contributed by atoms with E-state index in [0.29, 0.717) is 17.2 Å². The summed E-state index contributed by atoms with van der Waals surface area (Å²) in [6.45, 7) is 4.27. The van der Waals surface area contributed by atoms with E-state index < -0.39 is 0 Å². The Morgan fingerprint density at radius 2 is 1.83 bits per heavy atom. The molecule has 0 bridgehead atoms. The summed E-state index contributed by atoms with van der Waals surface area (Å²) in [5.74, 6) is 0.258. The third kappa shape index (κ3) is 3.26. The van der Waals surface area contributed by atoms with Gasteiger partial charge in [0.05, 0.1) is 11.3 Å². The third-order valence-electron chi connectivity index (χ3n) is 3.58. The van der Waals surface area contributed by atoms with E-state index in [2.05, 4.69) is 34.7 Å². The van der Waals surface area contributed by atoms with Crippen molar-refractivity contribution in [3.63, 3.8) is 0 Å². The maximum absolute atomic E-state index is 12.6. The van der Waals surface area contributed by atoms with E-state index in [0.717, 1.165) is 5.69 Å². The van der Waals surface area contributed by atoms with Gasteiger partial charge in [0.25, 0.3) is 5.91 Å². The van der Waals surface area contributed by atoms with Crippen molar-refractivity contribution < 1.29 is 4.79 Å². The van der Waals surface area contributed by atoms with Gasteiger partial charge >= 0.3 is 0 Å². The Morgan fingerprint density at radius 3 is 2.48 bits per heavy atom. The topological polar surface area (TPSA) is 72.7 Å². The van der Waals surface area contributed by atoms with E-state index in [1.165, 1.54) is 16.6 Å². The van der Waals surface area contributed by atoms with Gasteiger partial charge in [-0.15, -0.1) is 5.10 Å². The average molecular weight is 307 g/mol. The van der Waals surface area contributed by atoms with Gasteiger partial charge in [-0.3, -0.25) is 4.79 Å². The molecule has 0 aliphatic heterocycles. The molecule has 0 aliphatic rings. The Hall–Kier alpha value is -3.02. The lowest BCUT2D eigenvalue weighted by molar-refractivity contribution is 0.102. The minimum atomic E-state index is -0.201. The highest BCUT2D eigenvalue weighted by molar-refractivity contribution is 6.06. The van der Waals surface area contributed by atoms with Crippen molar-refractivity contribution in [3.05, 3.63) is 66.0 Å². The second-order valence-corrected chi connectivity index (χ2v) is 5.50. The number of rotatable bonds is 4. The third-order valence-corrected chi connectivity index (χ3v) is 3.58. The Morgan fingerprint density at radius 1 is 1.09 bits per heavy atom. The number of anilines is 1. The summed E-state index contributed by atoms with van der Waals surface area (Å²) in [7, 11) is 0. The highest BCUT2D eigenvalue weighted by Crippen LogP contribution is 2.19. The van der Waals surface area contributed by atoms with Crippen molar-refractivity contribution in [1.29, 1.82) is 0 Å². The second kappa shape index (κ2) is 6.39. The lowest BCUT2D eigenvalue weighted by Gasteiger charge is -2.10. The normalized spacial score (nSPS) is 10.7. The van der Waals surface area contributed by atoms with Gasteiger partial charge < -0.3 is 5.32 Å². The number of hydrogen-bond acceptors (Lipinski definition) is 4. The fourth-order valence-corrected chi connectivity index (χ4v) is 2.29. The number of nitrogens with one attached hydrogen (secondary N) is 1. The van der Waals surface area contributed by atoms with Crippen LogP contribution in [0.5, 0.6) is 0 Å². The molecular weight excluding hydrogens is 290 g/mol. The lowest BCUT2D eigenvalue weighted by atomic mass is 10.0. The number of carbonyl (C=O) groups is 1. The zero-order valence-corrected chi connectivity index (χ0v) is 13.0. The predicted molar refractivity (Wildman–Crippen MR) is 87.6 cm³/mol. The van der Waals surface area contributed by atoms with Gasteiger partial charge in [0.1, 0.15) is 6.33 Å². The minimum Gasteiger partial charge on any atom is -0.322 e. The largest absolute Gasteiger partial charge is 0.322 e. The molecule has 3 aromatic rings. The van der Waals surface area contributed by atoms with Gasteiger partial charge in [-0.1, -0.05) is 38.1 Å². The number of tetrazole rings is 1. The summed E-state index contributed by atoms with van der Waals surface area (Å²) in [5, 5.41) is 14.0. The summed E-state index contributed by atoms with van der Waals surface area (Å²) >= 11 is 0. The highest BCUT2D eigenvalue weighted by atomic mass is 16.1. The summed E-state index contributed by atoms with van der Waals surface area (Å²) in [6.07, 6.45) is 1.46. The van der Waals surface area contributed by atoms with Crippen molar-refractivity contribution in [2.75, 3.05) is 5.32 Å². The summed E-state index contributed by atoms with van der Waals surface area (Å²) in [4.78, 5) is 12.6. The first-order valence-electron chi connectivity index (χ1n) is 7.39. The number of amides is 1. The molecule has 0 spiro atoms. The van der Waals surface area contributed by atoms with Crippen LogP contribution >= 0.6 is 0 Å². The summed E-state index contributed by atoms with van der Waals surface area (Å²) < 4.78 is 1.47. The van der Waals surface area contributed by atoms with Crippen LogP contribution in [0.2, 0.25) is 0 Å². The smallest absolute Gasteiger partial charge is 0.257 e. The lowest BCUT2D eigenvalue weighted by Crippen LogP contribution is -2.15. The number of hydrogen-bond donors (Lipinski definition) is 1. The van der Waals surface area contributed by atoms with Crippen LogP contribution in [0.15, 0.2) is 54.9 Å². The zero-order valence-electron chi connectivity index (χ0n) is 13.0. The number of nitrogens with zero attached hydrogens (tertiary/aromatic N) is 4.